The summed E-state index contributed by atoms with van der Waals surface area (Å²) in [6, 6.07) is 5.10. The van der Waals surface area contributed by atoms with Crippen LogP contribution in [0.5, 0.6) is 5.75 Å². The number of rotatable bonds is 2. The molecule has 0 spiro atoms. The van der Waals surface area contributed by atoms with Crippen molar-refractivity contribution in [2.45, 2.75) is 6.92 Å². The topological polar surface area (TPSA) is 74.4 Å². The van der Waals surface area contributed by atoms with Crippen molar-refractivity contribution in [2.24, 2.45) is 0 Å². The van der Waals surface area contributed by atoms with Crippen LogP contribution in [0.15, 0.2) is 18.2 Å². The van der Waals surface area contributed by atoms with Crippen LogP contribution in [0.3, 0.4) is 0 Å². The van der Waals surface area contributed by atoms with E-state index in [1.807, 2.05) is 13.0 Å². The van der Waals surface area contributed by atoms with E-state index >= 15 is 0 Å². The number of fused-ring (bicyclic) bond motifs is 1. The lowest BCUT2D eigenvalue weighted by Gasteiger charge is -2.10. The first-order valence-corrected chi connectivity index (χ1v) is 5.40. The molecule has 0 aliphatic carbocycles. The minimum Gasteiger partial charge on any atom is -0.497 e. The molecule has 94 valence electrons. The number of pyridine rings is 1. The summed E-state index contributed by atoms with van der Waals surface area (Å²) in [7, 11) is 2.90. The Hall–Kier alpha value is -2.30. The van der Waals surface area contributed by atoms with E-state index in [-0.39, 0.29) is 5.82 Å². The summed E-state index contributed by atoms with van der Waals surface area (Å²) in [5.41, 5.74) is 7.66. The average Bonchev–Trinajstić information content (AvgIpc) is 2.37. The Balaban J connectivity index is 2.84. The molecule has 0 aliphatic rings. The van der Waals surface area contributed by atoms with Crippen molar-refractivity contribution in [2.75, 3.05) is 20.0 Å². The fourth-order valence-electron chi connectivity index (χ4n) is 1.88. The van der Waals surface area contributed by atoms with Gasteiger partial charge < -0.3 is 15.2 Å². The molecule has 0 atom stereocenters. The van der Waals surface area contributed by atoms with Gasteiger partial charge in [-0.05, 0) is 30.7 Å². The molecule has 0 bridgehead atoms. The van der Waals surface area contributed by atoms with Crippen LogP contribution in [0.25, 0.3) is 10.9 Å². The molecule has 0 unspecified atom stereocenters. The number of anilines is 1. The number of aromatic nitrogens is 1. The number of benzene rings is 1. The van der Waals surface area contributed by atoms with Crippen molar-refractivity contribution in [3.8, 4) is 5.75 Å². The van der Waals surface area contributed by atoms with Crippen LogP contribution in [0, 0.1) is 6.92 Å². The van der Waals surface area contributed by atoms with Crippen LogP contribution in [0.1, 0.15) is 15.9 Å². The smallest absolute Gasteiger partial charge is 0.338 e. The summed E-state index contributed by atoms with van der Waals surface area (Å²) in [6.07, 6.45) is 0. The van der Waals surface area contributed by atoms with E-state index in [4.69, 9.17) is 15.2 Å². The highest BCUT2D eigenvalue weighted by Gasteiger charge is 2.15. The molecule has 0 radical (unpaired) electrons. The average molecular weight is 246 g/mol. The predicted molar refractivity (Wildman–Crippen MR) is 68.8 cm³/mol. The molecule has 2 aromatic rings. The number of carbonyl (C=O) groups is 1. The molecule has 5 heteroatoms. The van der Waals surface area contributed by atoms with Gasteiger partial charge in [-0.25, -0.2) is 9.78 Å². The van der Waals surface area contributed by atoms with E-state index in [9.17, 15) is 4.79 Å². The second-order valence-corrected chi connectivity index (χ2v) is 3.93. The fourth-order valence-corrected chi connectivity index (χ4v) is 1.88. The number of nitrogens with two attached hydrogens (primary N) is 1. The number of ether oxygens (including phenoxy) is 2. The summed E-state index contributed by atoms with van der Waals surface area (Å²) in [4.78, 5) is 16.0. The summed E-state index contributed by atoms with van der Waals surface area (Å²) in [6.45, 7) is 1.89. The number of aryl methyl sites for hydroxylation is 1. The highest BCUT2D eigenvalue weighted by Crippen LogP contribution is 2.28. The van der Waals surface area contributed by atoms with E-state index < -0.39 is 5.97 Å². The Labute approximate surface area is 105 Å². The first-order valence-electron chi connectivity index (χ1n) is 5.40. The van der Waals surface area contributed by atoms with E-state index in [1.165, 1.54) is 13.2 Å². The van der Waals surface area contributed by atoms with E-state index in [1.54, 1.807) is 13.2 Å². The van der Waals surface area contributed by atoms with E-state index in [0.29, 0.717) is 22.2 Å². The quantitative estimate of drug-likeness (QED) is 0.819. The van der Waals surface area contributed by atoms with E-state index in [0.717, 1.165) is 5.56 Å². The molecule has 5 nitrogen and oxygen atoms in total. The number of esters is 1. The van der Waals surface area contributed by atoms with Crippen LogP contribution >= 0.6 is 0 Å². The minimum atomic E-state index is -0.443. The Morgan fingerprint density at radius 1 is 1.28 bits per heavy atom. The second-order valence-electron chi connectivity index (χ2n) is 3.93. The predicted octanol–water partition coefficient (Wildman–Crippen LogP) is 1.92. The first kappa shape index (κ1) is 12.2. The zero-order chi connectivity index (χ0) is 13.3. The molecule has 2 rings (SSSR count). The van der Waals surface area contributed by atoms with Gasteiger partial charge in [0.15, 0.2) is 0 Å². The van der Waals surface area contributed by atoms with Gasteiger partial charge in [-0.3, -0.25) is 0 Å². The van der Waals surface area contributed by atoms with Gasteiger partial charge in [0.1, 0.15) is 11.6 Å². The lowest BCUT2D eigenvalue weighted by molar-refractivity contribution is 0.0603. The van der Waals surface area contributed by atoms with Gasteiger partial charge in [0.25, 0.3) is 0 Å². The number of methoxy groups -OCH3 is 2. The molecule has 0 amide bonds. The zero-order valence-corrected chi connectivity index (χ0v) is 10.5. The van der Waals surface area contributed by atoms with Crippen molar-refractivity contribution >= 4 is 22.7 Å². The number of carbonyl (C=O) groups excluding carboxylic acids is 1. The van der Waals surface area contributed by atoms with Crippen LogP contribution < -0.4 is 10.5 Å². The van der Waals surface area contributed by atoms with Gasteiger partial charge in [0, 0.05) is 5.39 Å². The Morgan fingerprint density at radius 2 is 2.00 bits per heavy atom. The highest BCUT2D eigenvalue weighted by molar-refractivity contribution is 6.05. The monoisotopic (exact) mass is 246 g/mol. The number of nitrogens with zero attached hydrogens (tertiary/aromatic N) is 1. The van der Waals surface area contributed by atoms with Crippen molar-refractivity contribution in [1.82, 2.24) is 4.98 Å². The molecule has 1 aromatic heterocycles. The molecular formula is C13H14N2O3. The molecule has 18 heavy (non-hydrogen) atoms. The van der Waals surface area contributed by atoms with Gasteiger partial charge >= 0.3 is 5.97 Å². The summed E-state index contributed by atoms with van der Waals surface area (Å²) in [5.74, 6) is 0.509. The van der Waals surface area contributed by atoms with Crippen LogP contribution in [-0.4, -0.2) is 25.2 Å². The molecule has 1 aromatic carbocycles. The van der Waals surface area contributed by atoms with Crippen LogP contribution in [0.2, 0.25) is 0 Å². The summed E-state index contributed by atoms with van der Waals surface area (Å²) in [5, 5.41) is 0.674. The Morgan fingerprint density at radius 3 is 2.61 bits per heavy atom. The molecule has 1 heterocycles. The van der Waals surface area contributed by atoms with Crippen molar-refractivity contribution in [3.05, 3.63) is 29.3 Å². The minimum absolute atomic E-state index is 0.288. The van der Waals surface area contributed by atoms with Crippen molar-refractivity contribution in [1.29, 1.82) is 0 Å². The molecule has 0 aliphatic heterocycles. The maximum atomic E-state index is 11.7. The Bertz CT molecular complexity index is 623. The van der Waals surface area contributed by atoms with Gasteiger partial charge in [0.05, 0.1) is 25.3 Å². The SMILES string of the molecule is COC(=O)c1cc(N)nc2c(C)cc(OC)cc12. The largest absolute Gasteiger partial charge is 0.497 e. The third kappa shape index (κ3) is 1.95. The van der Waals surface area contributed by atoms with Gasteiger partial charge in [0.2, 0.25) is 0 Å². The van der Waals surface area contributed by atoms with Crippen molar-refractivity contribution < 1.29 is 14.3 Å². The lowest BCUT2D eigenvalue weighted by atomic mass is 10.0. The molecular weight excluding hydrogens is 232 g/mol. The molecule has 0 fully saturated rings. The first-order chi connectivity index (χ1) is 8.56. The normalized spacial score (nSPS) is 10.4. The fraction of sp³-hybridized carbons (Fsp3) is 0.231. The highest BCUT2D eigenvalue weighted by atomic mass is 16.5. The van der Waals surface area contributed by atoms with Gasteiger partial charge in [-0.1, -0.05) is 0 Å². The third-order valence-electron chi connectivity index (χ3n) is 2.74. The second kappa shape index (κ2) is 4.52. The summed E-state index contributed by atoms with van der Waals surface area (Å²) < 4.78 is 9.94. The van der Waals surface area contributed by atoms with Gasteiger partial charge in [-0.2, -0.15) is 0 Å². The molecule has 2 N–H and O–H groups in total. The molecule has 0 saturated heterocycles. The number of hydrogen-bond donors (Lipinski definition) is 1. The van der Waals surface area contributed by atoms with Crippen LogP contribution in [-0.2, 0) is 4.74 Å². The lowest BCUT2D eigenvalue weighted by Crippen LogP contribution is -2.05. The van der Waals surface area contributed by atoms with E-state index in [2.05, 4.69) is 4.98 Å². The van der Waals surface area contributed by atoms with Crippen LogP contribution in [0.4, 0.5) is 5.82 Å². The third-order valence-corrected chi connectivity index (χ3v) is 2.74. The summed E-state index contributed by atoms with van der Waals surface area (Å²) >= 11 is 0. The zero-order valence-electron chi connectivity index (χ0n) is 10.5. The standard InChI is InChI=1S/C13H14N2O3/c1-7-4-8(17-2)5-9-10(13(16)18-3)6-11(14)15-12(7)9/h4-6H,1-3H3,(H2,14,15). The van der Waals surface area contributed by atoms with Crippen molar-refractivity contribution in [3.63, 3.8) is 0 Å². The number of hydrogen-bond acceptors (Lipinski definition) is 5. The Kier molecular flexibility index (Phi) is 3.06. The maximum Gasteiger partial charge on any atom is 0.338 e. The van der Waals surface area contributed by atoms with Gasteiger partial charge in [-0.15, -0.1) is 0 Å². The molecule has 0 saturated carbocycles. The number of nitrogen functional groups attached to an aromatic ring is 1. The maximum absolute atomic E-state index is 11.7.